The lowest BCUT2D eigenvalue weighted by Gasteiger charge is -2.49. The number of carbonyl (C=O) groups excluding carboxylic acids is 2. The molecule has 0 N–H and O–H groups in total. The number of piperidine rings is 1. The number of nitrogens with zero attached hydrogens (tertiary/aromatic N) is 4. The average Bonchev–Trinajstić information content (AvgIpc) is 3.46. The van der Waals surface area contributed by atoms with E-state index in [2.05, 4.69) is 10.1 Å². The molecule has 3 aromatic rings. The Labute approximate surface area is 201 Å². The van der Waals surface area contributed by atoms with E-state index >= 15 is 0 Å². The first kappa shape index (κ1) is 22.7. The van der Waals surface area contributed by atoms with Gasteiger partial charge in [0.25, 0.3) is 0 Å². The minimum absolute atomic E-state index is 0.0174. The number of hydrogen-bond acceptors (Lipinski definition) is 6. The van der Waals surface area contributed by atoms with Crippen molar-refractivity contribution in [2.24, 2.45) is 11.3 Å². The van der Waals surface area contributed by atoms with E-state index in [0.29, 0.717) is 31.5 Å². The molecule has 0 saturated carbocycles. The van der Waals surface area contributed by atoms with Crippen molar-refractivity contribution in [3.05, 3.63) is 64.1 Å². The monoisotopic (exact) mass is 482 g/mol. The van der Waals surface area contributed by atoms with Crippen molar-refractivity contribution in [3.63, 3.8) is 0 Å². The molecule has 0 radical (unpaired) electrons. The van der Waals surface area contributed by atoms with Crippen LogP contribution < -0.4 is 0 Å². The lowest BCUT2D eigenvalue weighted by Crippen LogP contribution is -2.58. The normalized spacial score (nSPS) is 22.1. The second-order valence-electron chi connectivity index (χ2n) is 10.1. The van der Waals surface area contributed by atoms with Gasteiger partial charge in [0.1, 0.15) is 17.1 Å². The Morgan fingerprint density at radius 3 is 2.68 bits per heavy atom. The number of amides is 1. The molecule has 0 spiro atoms. The van der Waals surface area contributed by atoms with E-state index in [1.165, 1.54) is 23.5 Å². The standard InChI is InChI=1S/C25H27FN4O3S/c1-24(2,3)33-23(32)29-9-8-17-10-21-16(12-28-30(21)19-6-4-18(26)5-7-19)11-25(17,14-29)22(31)20-13-34-15-27-20/h4-7,12-13,15,17H,8-11,14H2,1-3H3/t17-,25-/m0/s1. The van der Waals surface area contributed by atoms with Crippen LogP contribution in [0.25, 0.3) is 5.69 Å². The van der Waals surface area contributed by atoms with Crippen LogP contribution in [0.5, 0.6) is 0 Å². The summed E-state index contributed by atoms with van der Waals surface area (Å²) in [5.74, 6) is -0.317. The first-order valence-corrected chi connectivity index (χ1v) is 12.3. The fourth-order valence-corrected chi connectivity index (χ4v) is 5.72. The summed E-state index contributed by atoms with van der Waals surface area (Å²) in [5, 5.41) is 6.35. The largest absolute Gasteiger partial charge is 0.444 e. The van der Waals surface area contributed by atoms with E-state index in [4.69, 9.17) is 4.74 Å². The van der Waals surface area contributed by atoms with Gasteiger partial charge in [0.2, 0.25) is 0 Å². The number of aromatic nitrogens is 3. The third kappa shape index (κ3) is 4.02. The summed E-state index contributed by atoms with van der Waals surface area (Å²) >= 11 is 1.39. The van der Waals surface area contributed by atoms with Crippen molar-refractivity contribution >= 4 is 23.2 Å². The van der Waals surface area contributed by atoms with E-state index in [9.17, 15) is 14.0 Å². The number of carbonyl (C=O) groups is 2. The number of likely N-dealkylation sites (tertiary alicyclic amines) is 1. The van der Waals surface area contributed by atoms with Crippen molar-refractivity contribution in [3.8, 4) is 5.69 Å². The zero-order chi connectivity index (χ0) is 24.1. The molecule has 1 fully saturated rings. The maximum Gasteiger partial charge on any atom is 0.410 e. The molecule has 9 heteroatoms. The smallest absolute Gasteiger partial charge is 0.410 e. The van der Waals surface area contributed by atoms with Crippen LogP contribution >= 0.6 is 11.3 Å². The van der Waals surface area contributed by atoms with Crippen LogP contribution in [0, 0.1) is 17.2 Å². The third-order valence-corrected chi connectivity index (χ3v) is 7.33. The number of benzene rings is 1. The topological polar surface area (TPSA) is 77.3 Å². The Kier molecular flexibility index (Phi) is 5.55. The van der Waals surface area contributed by atoms with Crippen molar-refractivity contribution in [2.75, 3.05) is 13.1 Å². The van der Waals surface area contributed by atoms with E-state index in [-0.39, 0.29) is 24.1 Å². The molecule has 2 atom stereocenters. The van der Waals surface area contributed by atoms with Crippen LogP contribution in [0.15, 0.2) is 41.4 Å². The number of hydrogen-bond donors (Lipinski definition) is 0. The van der Waals surface area contributed by atoms with Gasteiger partial charge in [-0.05, 0) is 75.8 Å². The highest BCUT2D eigenvalue weighted by Crippen LogP contribution is 2.47. The van der Waals surface area contributed by atoms with Gasteiger partial charge in [-0.1, -0.05) is 0 Å². The van der Waals surface area contributed by atoms with Crippen molar-refractivity contribution in [1.82, 2.24) is 19.7 Å². The maximum absolute atomic E-state index is 13.9. The van der Waals surface area contributed by atoms with Gasteiger partial charge >= 0.3 is 6.09 Å². The highest BCUT2D eigenvalue weighted by molar-refractivity contribution is 7.07. The van der Waals surface area contributed by atoms with E-state index in [1.54, 1.807) is 34.1 Å². The number of ether oxygens (including phenoxy) is 1. The summed E-state index contributed by atoms with van der Waals surface area (Å²) in [7, 11) is 0. The van der Waals surface area contributed by atoms with Gasteiger partial charge in [0.15, 0.2) is 5.78 Å². The maximum atomic E-state index is 13.9. The predicted octanol–water partition coefficient (Wildman–Crippen LogP) is 4.69. The fraction of sp³-hybridized carbons (Fsp3) is 0.440. The molecule has 1 aliphatic carbocycles. The van der Waals surface area contributed by atoms with E-state index in [0.717, 1.165) is 16.9 Å². The first-order valence-electron chi connectivity index (χ1n) is 11.4. The Balaban J connectivity index is 1.52. The summed E-state index contributed by atoms with van der Waals surface area (Å²) in [6.07, 6.45) is 3.17. The summed E-state index contributed by atoms with van der Waals surface area (Å²) in [4.78, 5) is 32.8. The van der Waals surface area contributed by atoms with Crippen molar-refractivity contribution < 1.29 is 18.7 Å². The molecule has 2 aliphatic rings. The minimum atomic E-state index is -0.799. The van der Waals surface area contributed by atoms with Gasteiger partial charge in [0, 0.05) is 24.2 Å². The van der Waals surface area contributed by atoms with Crippen LogP contribution in [0.2, 0.25) is 0 Å². The van der Waals surface area contributed by atoms with Gasteiger partial charge in [-0.3, -0.25) is 4.79 Å². The average molecular weight is 483 g/mol. The summed E-state index contributed by atoms with van der Waals surface area (Å²) < 4.78 is 20.9. The molecule has 34 heavy (non-hydrogen) atoms. The van der Waals surface area contributed by atoms with Crippen molar-refractivity contribution in [2.45, 2.75) is 45.6 Å². The van der Waals surface area contributed by atoms with Crippen LogP contribution in [0.1, 0.15) is 48.9 Å². The Hall–Kier alpha value is -3.07. The second kappa shape index (κ2) is 8.30. The zero-order valence-corrected chi connectivity index (χ0v) is 20.3. The second-order valence-corrected chi connectivity index (χ2v) is 10.9. The molecule has 0 unspecified atom stereocenters. The molecule has 0 bridgehead atoms. The number of rotatable bonds is 3. The number of ketones is 1. The van der Waals surface area contributed by atoms with Crippen LogP contribution in [-0.2, 0) is 17.6 Å². The first-order chi connectivity index (χ1) is 16.2. The Morgan fingerprint density at radius 1 is 1.24 bits per heavy atom. The molecule has 3 heterocycles. The van der Waals surface area contributed by atoms with Gasteiger partial charge in [-0.2, -0.15) is 5.10 Å². The Bertz CT molecular complexity index is 1220. The number of thiazole rings is 1. The molecule has 1 aliphatic heterocycles. The van der Waals surface area contributed by atoms with Crippen molar-refractivity contribution in [1.29, 1.82) is 0 Å². The molecule has 1 aromatic carbocycles. The molecule has 5 rings (SSSR count). The van der Waals surface area contributed by atoms with Gasteiger partial charge in [-0.15, -0.1) is 11.3 Å². The zero-order valence-electron chi connectivity index (χ0n) is 19.5. The highest BCUT2D eigenvalue weighted by Gasteiger charge is 2.54. The lowest BCUT2D eigenvalue weighted by molar-refractivity contribution is -0.0104. The Morgan fingerprint density at radius 2 is 2.00 bits per heavy atom. The SMILES string of the molecule is CC(C)(C)OC(=O)N1CC[C@H]2Cc3c(cnn3-c3ccc(F)cc3)C[C@]2(C(=O)c2cscn2)C1. The summed E-state index contributed by atoms with van der Waals surface area (Å²) in [6.45, 7) is 6.32. The molecule has 7 nitrogen and oxygen atoms in total. The number of fused-ring (bicyclic) bond motifs is 2. The van der Waals surface area contributed by atoms with E-state index in [1.807, 2.05) is 25.5 Å². The molecule has 1 amide bonds. The molecule has 178 valence electrons. The number of Topliss-reactive ketones (excluding diaryl/α,β-unsaturated/α-hetero) is 1. The molecule has 1 saturated heterocycles. The lowest BCUT2D eigenvalue weighted by atomic mass is 9.60. The van der Waals surface area contributed by atoms with Gasteiger partial charge in [0.05, 0.1) is 22.8 Å². The fourth-order valence-electron chi connectivity index (χ4n) is 5.18. The molecular weight excluding hydrogens is 455 g/mol. The molecule has 2 aromatic heterocycles. The van der Waals surface area contributed by atoms with Gasteiger partial charge in [-0.25, -0.2) is 18.9 Å². The third-order valence-electron chi connectivity index (χ3n) is 6.74. The molecular formula is C25H27FN4O3S. The summed E-state index contributed by atoms with van der Waals surface area (Å²) in [6, 6.07) is 6.25. The summed E-state index contributed by atoms with van der Waals surface area (Å²) in [5.41, 5.74) is 3.47. The van der Waals surface area contributed by atoms with Crippen LogP contribution in [0.3, 0.4) is 0 Å². The van der Waals surface area contributed by atoms with Crippen LogP contribution in [-0.4, -0.2) is 50.2 Å². The minimum Gasteiger partial charge on any atom is -0.444 e. The van der Waals surface area contributed by atoms with Gasteiger partial charge < -0.3 is 9.64 Å². The highest BCUT2D eigenvalue weighted by atomic mass is 32.1. The quantitative estimate of drug-likeness (QED) is 0.506. The predicted molar refractivity (Wildman–Crippen MR) is 126 cm³/mol. The van der Waals surface area contributed by atoms with E-state index < -0.39 is 17.1 Å². The van der Waals surface area contributed by atoms with Crippen LogP contribution in [0.4, 0.5) is 9.18 Å². The number of halogens is 1.